The number of carbonyl (C=O) groups is 2. The molecule has 1 saturated heterocycles. The zero-order valence-electron chi connectivity index (χ0n) is 12.6. The topological polar surface area (TPSA) is 111 Å². The van der Waals surface area contributed by atoms with E-state index in [0.29, 0.717) is 0 Å². The number of halogens is 3. The van der Waals surface area contributed by atoms with E-state index in [4.69, 9.17) is 16.2 Å². The number of benzene rings is 1. The first-order valence-electron chi connectivity index (χ1n) is 7.10. The Morgan fingerprint density at radius 3 is 2.71 bits per heavy atom. The van der Waals surface area contributed by atoms with Gasteiger partial charge >= 0.3 is 6.18 Å². The monoisotopic (exact) mass is 346 g/mol. The summed E-state index contributed by atoms with van der Waals surface area (Å²) in [6.07, 6.45) is -4.72. The third-order valence-corrected chi connectivity index (χ3v) is 3.45. The molecular formula is C14H17F3N4O3. The molecule has 1 aromatic rings. The van der Waals surface area contributed by atoms with Gasteiger partial charge < -0.3 is 26.4 Å². The summed E-state index contributed by atoms with van der Waals surface area (Å²) in [6.45, 7) is -0.00441. The summed E-state index contributed by atoms with van der Waals surface area (Å²) in [7, 11) is 0. The van der Waals surface area contributed by atoms with Crippen molar-refractivity contribution in [1.82, 2.24) is 0 Å². The molecule has 0 spiro atoms. The van der Waals surface area contributed by atoms with Crippen molar-refractivity contribution in [3.8, 4) is 0 Å². The first kappa shape index (κ1) is 18.2. The Balaban J connectivity index is 2.35. The number of carbonyl (C=O) groups excluding carboxylic acids is 2. The van der Waals surface area contributed by atoms with Gasteiger partial charge in [-0.2, -0.15) is 13.2 Å². The van der Waals surface area contributed by atoms with Crippen LogP contribution in [-0.4, -0.2) is 44.2 Å². The summed E-state index contributed by atoms with van der Waals surface area (Å²) in [4.78, 5) is 24.7. The van der Waals surface area contributed by atoms with Gasteiger partial charge in [0.05, 0.1) is 23.9 Å². The third-order valence-electron chi connectivity index (χ3n) is 3.45. The zero-order valence-corrected chi connectivity index (χ0v) is 12.6. The van der Waals surface area contributed by atoms with E-state index in [1.165, 1.54) is 11.0 Å². The number of ether oxygens (including phenoxy) is 1. The lowest BCUT2D eigenvalue weighted by atomic mass is 10.1. The van der Waals surface area contributed by atoms with Crippen molar-refractivity contribution in [3.63, 3.8) is 0 Å². The first-order valence-corrected chi connectivity index (χ1v) is 7.10. The Morgan fingerprint density at radius 2 is 2.12 bits per heavy atom. The number of amides is 2. The van der Waals surface area contributed by atoms with Gasteiger partial charge in [0, 0.05) is 18.8 Å². The van der Waals surface area contributed by atoms with E-state index in [1.807, 2.05) is 0 Å². The van der Waals surface area contributed by atoms with Gasteiger partial charge in [-0.25, -0.2) is 0 Å². The van der Waals surface area contributed by atoms with Crippen LogP contribution in [0, 0.1) is 0 Å². The molecule has 0 radical (unpaired) electrons. The quantitative estimate of drug-likeness (QED) is 0.726. The first-order chi connectivity index (χ1) is 11.2. The largest absolute Gasteiger partial charge is 0.418 e. The summed E-state index contributed by atoms with van der Waals surface area (Å²) in [5.41, 5.74) is 9.19. The van der Waals surface area contributed by atoms with Crippen LogP contribution in [-0.2, 0) is 20.5 Å². The summed E-state index contributed by atoms with van der Waals surface area (Å²) in [5.74, 6) is -1.26. The lowest BCUT2D eigenvalue weighted by molar-refractivity contribution is -0.137. The van der Waals surface area contributed by atoms with Crippen molar-refractivity contribution in [3.05, 3.63) is 23.8 Å². The SMILES string of the molecule is NC[C@H](N)C(=O)Nc1ccc(N2CCOCC2=O)cc1C(F)(F)F. The number of hydrogen-bond acceptors (Lipinski definition) is 5. The molecule has 0 unspecified atom stereocenters. The van der Waals surface area contributed by atoms with E-state index in [0.717, 1.165) is 12.1 Å². The Morgan fingerprint density at radius 1 is 1.42 bits per heavy atom. The minimum Gasteiger partial charge on any atom is -0.370 e. The highest BCUT2D eigenvalue weighted by atomic mass is 19.4. The van der Waals surface area contributed by atoms with Gasteiger partial charge in [0.25, 0.3) is 5.91 Å². The second-order valence-corrected chi connectivity index (χ2v) is 5.16. The molecule has 132 valence electrons. The highest BCUT2D eigenvalue weighted by Crippen LogP contribution is 2.37. The van der Waals surface area contributed by atoms with Gasteiger partial charge in [-0.1, -0.05) is 0 Å². The van der Waals surface area contributed by atoms with Crippen LogP contribution in [0.15, 0.2) is 18.2 Å². The summed E-state index contributed by atoms with van der Waals surface area (Å²) in [5, 5.41) is 2.12. The van der Waals surface area contributed by atoms with Gasteiger partial charge in [0.1, 0.15) is 6.61 Å². The molecule has 1 aliphatic heterocycles. The number of hydrogen-bond donors (Lipinski definition) is 3. The molecule has 1 aromatic carbocycles. The van der Waals surface area contributed by atoms with Gasteiger partial charge in [-0.3, -0.25) is 9.59 Å². The average Bonchev–Trinajstić information content (AvgIpc) is 2.54. The van der Waals surface area contributed by atoms with E-state index < -0.39 is 35.3 Å². The summed E-state index contributed by atoms with van der Waals surface area (Å²) >= 11 is 0. The number of rotatable bonds is 4. The molecule has 2 amide bonds. The highest BCUT2D eigenvalue weighted by molar-refractivity contribution is 5.97. The fourth-order valence-corrected chi connectivity index (χ4v) is 2.17. The van der Waals surface area contributed by atoms with Crippen LogP contribution in [0.5, 0.6) is 0 Å². The fraction of sp³-hybridized carbons (Fsp3) is 0.429. The molecule has 1 fully saturated rings. The normalized spacial score (nSPS) is 16.9. The van der Waals surface area contributed by atoms with Crippen molar-refractivity contribution in [2.45, 2.75) is 12.2 Å². The predicted octanol–water partition coefficient (Wildman–Crippen LogP) is 0.293. The van der Waals surface area contributed by atoms with Crippen LogP contribution in [0.25, 0.3) is 0 Å². The van der Waals surface area contributed by atoms with Crippen LogP contribution >= 0.6 is 0 Å². The number of morpholine rings is 1. The van der Waals surface area contributed by atoms with Crippen LogP contribution < -0.4 is 21.7 Å². The van der Waals surface area contributed by atoms with E-state index in [9.17, 15) is 22.8 Å². The van der Waals surface area contributed by atoms with E-state index in [2.05, 4.69) is 5.32 Å². The van der Waals surface area contributed by atoms with Gasteiger partial charge in [0.2, 0.25) is 5.91 Å². The molecular weight excluding hydrogens is 329 g/mol. The Bertz CT molecular complexity index is 636. The van der Waals surface area contributed by atoms with Gasteiger partial charge in [0.15, 0.2) is 0 Å². The van der Waals surface area contributed by atoms with E-state index >= 15 is 0 Å². The Hall–Kier alpha value is -2.17. The molecule has 0 aromatic heterocycles. The molecule has 2 rings (SSSR count). The molecule has 0 aliphatic carbocycles. The number of alkyl halides is 3. The molecule has 1 atom stereocenters. The van der Waals surface area contributed by atoms with Gasteiger partial charge in [-0.15, -0.1) is 0 Å². The predicted molar refractivity (Wildman–Crippen MR) is 80.3 cm³/mol. The number of nitrogens with two attached hydrogens (primary N) is 2. The molecule has 24 heavy (non-hydrogen) atoms. The van der Waals surface area contributed by atoms with E-state index in [1.54, 1.807) is 0 Å². The molecule has 0 bridgehead atoms. The lowest BCUT2D eigenvalue weighted by Crippen LogP contribution is -2.42. The summed E-state index contributed by atoms with van der Waals surface area (Å²) in [6, 6.07) is 2.10. The number of anilines is 2. The molecule has 0 saturated carbocycles. The maximum atomic E-state index is 13.3. The second-order valence-electron chi connectivity index (χ2n) is 5.16. The minimum atomic E-state index is -4.72. The van der Waals surface area contributed by atoms with E-state index in [-0.39, 0.29) is 32.0 Å². The fourth-order valence-electron chi connectivity index (χ4n) is 2.17. The van der Waals surface area contributed by atoms with Crippen molar-refractivity contribution >= 4 is 23.2 Å². The van der Waals surface area contributed by atoms with Gasteiger partial charge in [-0.05, 0) is 18.2 Å². The maximum Gasteiger partial charge on any atom is 0.418 e. The second kappa shape index (κ2) is 7.16. The van der Waals surface area contributed by atoms with Crippen molar-refractivity contribution in [2.24, 2.45) is 11.5 Å². The number of nitrogens with zero attached hydrogens (tertiary/aromatic N) is 1. The third kappa shape index (κ3) is 4.02. The molecule has 1 aliphatic rings. The van der Waals surface area contributed by atoms with Crippen molar-refractivity contribution < 1.29 is 27.5 Å². The Kier molecular flexibility index (Phi) is 5.42. The zero-order chi connectivity index (χ0) is 17.9. The summed E-state index contributed by atoms with van der Waals surface area (Å²) < 4.78 is 44.8. The average molecular weight is 346 g/mol. The van der Waals surface area contributed by atoms with Crippen LogP contribution in [0.4, 0.5) is 24.5 Å². The van der Waals surface area contributed by atoms with Crippen LogP contribution in [0.1, 0.15) is 5.56 Å². The van der Waals surface area contributed by atoms with Crippen molar-refractivity contribution in [2.75, 3.05) is 36.5 Å². The molecule has 1 heterocycles. The van der Waals surface area contributed by atoms with Crippen molar-refractivity contribution in [1.29, 1.82) is 0 Å². The highest BCUT2D eigenvalue weighted by Gasteiger charge is 2.35. The molecule has 7 nitrogen and oxygen atoms in total. The molecule has 10 heteroatoms. The van der Waals surface area contributed by atoms with Crippen LogP contribution in [0.2, 0.25) is 0 Å². The van der Waals surface area contributed by atoms with Crippen LogP contribution in [0.3, 0.4) is 0 Å². The smallest absolute Gasteiger partial charge is 0.370 e. The maximum absolute atomic E-state index is 13.3. The minimum absolute atomic E-state index is 0.0803. The number of nitrogens with one attached hydrogen (secondary N) is 1. The lowest BCUT2D eigenvalue weighted by Gasteiger charge is -2.28. The molecule has 5 N–H and O–H groups in total. The standard InChI is InChI=1S/C14H17F3N4O3/c15-14(16,17)9-5-8(21-3-4-24-7-12(21)22)1-2-11(9)20-13(23)10(19)6-18/h1-2,5,10H,3-4,6-7,18-19H2,(H,20,23)/t10-/m0/s1. The Labute approximate surface area is 135 Å².